The fraction of sp³-hybridized carbons (Fsp3) is 0.743. The van der Waals surface area contributed by atoms with Crippen molar-refractivity contribution in [3.63, 3.8) is 0 Å². The number of rotatable bonds is 4. The highest BCUT2D eigenvalue weighted by molar-refractivity contribution is 6.30. The molecule has 3 heterocycles. The van der Waals surface area contributed by atoms with Crippen molar-refractivity contribution in [3.8, 4) is 0 Å². The van der Waals surface area contributed by atoms with E-state index in [0.29, 0.717) is 30.2 Å². The molecular weight excluding hydrogens is 595 g/mol. The van der Waals surface area contributed by atoms with Crippen LogP contribution in [-0.2, 0) is 19.1 Å². The number of ether oxygens (including phenoxy) is 1. The normalized spacial score (nSPS) is 23.5. The third-order valence-corrected chi connectivity index (χ3v) is 9.01. The Morgan fingerprint density at radius 2 is 1.62 bits per heavy atom. The molecule has 1 saturated carbocycles. The summed E-state index contributed by atoms with van der Waals surface area (Å²) in [4.78, 5) is 39.8. The van der Waals surface area contributed by atoms with Gasteiger partial charge in [0.25, 0.3) is 0 Å². The molecule has 0 aromatic heterocycles. The van der Waals surface area contributed by atoms with E-state index in [1.807, 2.05) is 13.8 Å². The summed E-state index contributed by atoms with van der Waals surface area (Å²) in [7, 11) is 0. The minimum absolute atomic E-state index is 0.124. The topological polar surface area (TPSA) is 82.2 Å². The number of benzene rings is 1. The summed E-state index contributed by atoms with van der Waals surface area (Å²) in [5.41, 5.74) is 0.208. The average Bonchev–Trinajstić information content (AvgIpc) is 3.73. The van der Waals surface area contributed by atoms with E-state index in [9.17, 15) is 18.8 Å². The molecule has 3 amide bonds. The van der Waals surface area contributed by atoms with Crippen molar-refractivity contribution in [1.82, 2.24) is 20.0 Å². The van der Waals surface area contributed by atoms with Crippen molar-refractivity contribution in [3.05, 3.63) is 35.1 Å². The zero-order valence-corrected chi connectivity index (χ0v) is 29.3. The number of halogens is 2. The average molecular weight is 653 g/mol. The smallest absolute Gasteiger partial charge is 0.227 e. The molecule has 1 atom stereocenters. The zero-order valence-electron chi connectivity index (χ0n) is 28.5. The molecule has 45 heavy (non-hydrogen) atoms. The Bertz CT molecular complexity index is 1000. The van der Waals surface area contributed by atoms with Crippen LogP contribution in [0.15, 0.2) is 24.3 Å². The number of amides is 3. The number of hydrogen-bond acceptors (Lipinski definition) is 5. The molecular formula is C35H58ClFN4O4. The standard InChI is InChI=1S/C13H24N2O.C11H21NO.C6H4ClF.C5H9NO2/c1-13(2,3)15-9-6-11(10-15)12(16)14-7-4-5-8-14;1-8(2)11(13)12-10-6-4-9(3)5-7-10;7-5-2-1-3-6(8)4-5;7-5-6-1-3-8-4-2-6/h11H,4-10H2,1-3H3;8-10H,4-7H2,1-3H3,(H,12,13);1-4H;5H,1-4H2. The largest absolute Gasteiger partial charge is 0.378 e. The van der Waals surface area contributed by atoms with E-state index < -0.39 is 0 Å². The maximum atomic E-state index is 12.2. The van der Waals surface area contributed by atoms with Crippen molar-refractivity contribution in [2.24, 2.45) is 17.8 Å². The summed E-state index contributed by atoms with van der Waals surface area (Å²) in [6.45, 7) is 19.8. The Labute approximate surface area is 276 Å². The van der Waals surface area contributed by atoms with Gasteiger partial charge in [-0.2, -0.15) is 0 Å². The Balaban J connectivity index is 0.000000218. The first-order valence-corrected chi connectivity index (χ1v) is 17.2. The second-order valence-corrected chi connectivity index (χ2v) is 14.4. The van der Waals surface area contributed by atoms with Gasteiger partial charge in [-0.05, 0) is 96.4 Å². The van der Waals surface area contributed by atoms with Gasteiger partial charge in [-0.25, -0.2) is 4.39 Å². The lowest BCUT2D eigenvalue weighted by atomic mass is 9.87. The number of carbonyl (C=O) groups is 3. The Kier molecular flexibility index (Phi) is 17.4. The SMILES string of the molecule is CC(C)(C)N1CCC(C(=O)N2CCCC2)C1.CC1CCC(NC(=O)C(C)C)CC1.Fc1cccc(Cl)c1.O=CN1CCOCC1. The molecule has 0 bridgehead atoms. The van der Waals surface area contributed by atoms with Crippen molar-refractivity contribution >= 4 is 29.8 Å². The minimum atomic E-state index is -0.294. The van der Waals surface area contributed by atoms with E-state index in [0.717, 1.165) is 58.0 Å². The van der Waals surface area contributed by atoms with Crippen LogP contribution < -0.4 is 5.32 Å². The van der Waals surface area contributed by atoms with Crippen LogP contribution in [0.5, 0.6) is 0 Å². The van der Waals surface area contributed by atoms with E-state index in [-0.39, 0.29) is 29.1 Å². The number of hydrogen-bond donors (Lipinski definition) is 1. The monoisotopic (exact) mass is 652 g/mol. The number of carbonyl (C=O) groups excluding carboxylic acids is 3. The van der Waals surface area contributed by atoms with E-state index in [1.165, 1.54) is 50.7 Å². The first-order valence-electron chi connectivity index (χ1n) is 16.8. The summed E-state index contributed by atoms with van der Waals surface area (Å²) in [6.07, 6.45) is 9.17. The van der Waals surface area contributed by atoms with Gasteiger partial charge in [-0.15, -0.1) is 0 Å². The third-order valence-electron chi connectivity index (χ3n) is 8.77. The molecule has 10 heteroatoms. The maximum Gasteiger partial charge on any atom is 0.227 e. The first kappa shape index (κ1) is 39.0. The van der Waals surface area contributed by atoms with Crippen molar-refractivity contribution in [2.75, 3.05) is 52.5 Å². The molecule has 4 aliphatic rings. The number of nitrogens with one attached hydrogen (secondary N) is 1. The van der Waals surface area contributed by atoms with E-state index in [1.54, 1.807) is 17.0 Å². The molecule has 4 fully saturated rings. The van der Waals surface area contributed by atoms with Crippen LogP contribution in [-0.4, -0.2) is 97.0 Å². The molecule has 1 aromatic carbocycles. The van der Waals surface area contributed by atoms with Crippen LogP contribution in [0.25, 0.3) is 0 Å². The van der Waals surface area contributed by atoms with Gasteiger partial charge in [0.1, 0.15) is 5.82 Å². The van der Waals surface area contributed by atoms with Gasteiger partial charge in [-0.1, -0.05) is 38.4 Å². The Hall–Kier alpha value is -2.23. The summed E-state index contributed by atoms with van der Waals surface area (Å²) in [5, 5.41) is 3.54. The summed E-state index contributed by atoms with van der Waals surface area (Å²) in [6, 6.07) is 6.27. The van der Waals surface area contributed by atoms with Crippen LogP contribution in [0.2, 0.25) is 5.02 Å². The van der Waals surface area contributed by atoms with E-state index in [4.69, 9.17) is 16.3 Å². The molecule has 8 nitrogen and oxygen atoms in total. The quantitative estimate of drug-likeness (QED) is 0.403. The van der Waals surface area contributed by atoms with Crippen LogP contribution in [0.3, 0.4) is 0 Å². The van der Waals surface area contributed by atoms with Crippen molar-refractivity contribution in [1.29, 1.82) is 0 Å². The van der Waals surface area contributed by atoms with E-state index >= 15 is 0 Å². The molecule has 0 radical (unpaired) electrons. The predicted molar refractivity (Wildman–Crippen MR) is 180 cm³/mol. The van der Waals surface area contributed by atoms with Gasteiger partial charge in [0.2, 0.25) is 18.2 Å². The second kappa shape index (κ2) is 20.1. The number of nitrogens with zero attached hydrogens (tertiary/aromatic N) is 3. The van der Waals surface area contributed by atoms with Gasteiger partial charge in [0.05, 0.1) is 19.1 Å². The number of likely N-dealkylation sites (tertiary alicyclic amines) is 2. The molecule has 1 N–H and O–H groups in total. The highest BCUT2D eigenvalue weighted by atomic mass is 35.5. The summed E-state index contributed by atoms with van der Waals surface area (Å²) >= 11 is 5.40. The summed E-state index contributed by atoms with van der Waals surface area (Å²) in [5.74, 6) is 1.56. The van der Waals surface area contributed by atoms with Crippen molar-refractivity contribution in [2.45, 2.75) is 98.1 Å². The lowest BCUT2D eigenvalue weighted by Gasteiger charge is -2.31. The van der Waals surface area contributed by atoms with Crippen LogP contribution in [0, 0.1) is 23.6 Å². The molecule has 1 aliphatic carbocycles. The molecule has 0 spiro atoms. The van der Waals surface area contributed by atoms with E-state index in [2.05, 4.69) is 42.8 Å². The third kappa shape index (κ3) is 15.3. The maximum absolute atomic E-state index is 12.2. The molecule has 3 aliphatic heterocycles. The summed E-state index contributed by atoms with van der Waals surface area (Å²) < 4.78 is 17.1. The molecule has 1 unspecified atom stereocenters. The Morgan fingerprint density at radius 1 is 1.00 bits per heavy atom. The van der Waals surface area contributed by atoms with Gasteiger partial charge in [0, 0.05) is 55.2 Å². The lowest BCUT2D eigenvalue weighted by molar-refractivity contribution is -0.134. The van der Waals surface area contributed by atoms with Crippen molar-refractivity contribution < 1.29 is 23.5 Å². The van der Waals surface area contributed by atoms with Gasteiger partial charge in [0.15, 0.2) is 0 Å². The molecule has 3 saturated heterocycles. The van der Waals surface area contributed by atoms with Crippen LogP contribution in [0.4, 0.5) is 4.39 Å². The first-order chi connectivity index (χ1) is 21.3. The van der Waals surface area contributed by atoms with Gasteiger partial charge in [-0.3, -0.25) is 19.3 Å². The molecule has 1 aromatic rings. The highest BCUT2D eigenvalue weighted by Crippen LogP contribution is 2.27. The fourth-order valence-electron chi connectivity index (χ4n) is 5.68. The van der Waals surface area contributed by atoms with Crippen LogP contribution >= 0.6 is 11.6 Å². The zero-order chi connectivity index (χ0) is 33.4. The Morgan fingerprint density at radius 3 is 2.07 bits per heavy atom. The predicted octanol–water partition coefficient (Wildman–Crippen LogP) is 6.02. The van der Waals surface area contributed by atoms with Gasteiger partial charge < -0.3 is 19.9 Å². The second-order valence-electron chi connectivity index (χ2n) is 13.9. The highest BCUT2D eigenvalue weighted by Gasteiger charge is 2.36. The van der Waals surface area contributed by atoms with Crippen LogP contribution in [0.1, 0.15) is 86.5 Å². The molecule has 5 rings (SSSR count). The lowest BCUT2D eigenvalue weighted by Crippen LogP contribution is -2.41. The minimum Gasteiger partial charge on any atom is -0.378 e. The number of morpholine rings is 1. The van der Waals surface area contributed by atoms with Gasteiger partial charge >= 0.3 is 0 Å². The fourth-order valence-corrected chi connectivity index (χ4v) is 5.86. The molecule has 256 valence electrons.